The Morgan fingerprint density at radius 3 is 2.85 bits per heavy atom. The average Bonchev–Trinajstić information content (AvgIpc) is 3.63. The van der Waals surface area contributed by atoms with Gasteiger partial charge < -0.3 is 24.1 Å². The van der Waals surface area contributed by atoms with E-state index in [0.717, 1.165) is 45.0 Å². The zero-order valence-electron chi connectivity index (χ0n) is 22.8. The van der Waals surface area contributed by atoms with Crippen LogP contribution in [0, 0.1) is 11.2 Å². The molecule has 4 heterocycles. The number of hydrogen-bond donors (Lipinski definition) is 1. The number of aryl methyl sites for hydroxylation is 1. The molecule has 0 radical (unpaired) electrons. The number of anilines is 1. The fourth-order valence-corrected chi connectivity index (χ4v) is 6.29. The van der Waals surface area contributed by atoms with Crippen molar-refractivity contribution in [2.24, 2.45) is 12.5 Å². The number of amides is 1. The first kappa shape index (κ1) is 25.4. The van der Waals surface area contributed by atoms with Gasteiger partial charge >= 0.3 is 0 Å². The molecule has 2 saturated heterocycles. The molecule has 1 spiro atoms. The molecule has 8 nitrogen and oxygen atoms in total. The molecular formula is C30H35FN6O2. The van der Waals surface area contributed by atoms with Crippen LogP contribution < -0.4 is 9.64 Å². The van der Waals surface area contributed by atoms with Gasteiger partial charge in [0.2, 0.25) is 0 Å². The summed E-state index contributed by atoms with van der Waals surface area (Å²) < 4.78 is 22.2. The van der Waals surface area contributed by atoms with Crippen molar-refractivity contribution in [3.63, 3.8) is 0 Å². The minimum Gasteiger partial charge on any atom is -0.435 e. The number of carbonyl (C=O) groups is 1. The van der Waals surface area contributed by atoms with E-state index in [4.69, 9.17) is 4.74 Å². The fraction of sp³-hybridized carbons (Fsp3) is 0.400. The summed E-state index contributed by atoms with van der Waals surface area (Å²) in [6, 6.07) is 12.8. The maximum atomic E-state index is 14.0. The Morgan fingerprint density at radius 2 is 2.00 bits per heavy atom. The quantitative estimate of drug-likeness (QED) is 0.379. The third-order valence-corrected chi connectivity index (χ3v) is 8.16. The molecule has 1 unspecified atom stereocenters. The second kappa shape index (κ2) is 10.0. The first-order valence-electron chi connectivity index (χ1n) is 13.5. The van der Waals surface area contributed by atoms with E-state index >= 15 is 0 Å². The largest absolute Gasteiger partial charge is 0.435 e. The molecule has 9 heteroatoms. The maximum Gasteiger partial charge on any atom is 0.262 e. The van der Waals surface area contributed by atoms with Gasteiger partial charge in [0.1, 0.15) is 17.9 Å². The summed E-state index contributed by atoms with van der Waals surface area (Å²) in [5.74, 6) is 0.813. The topological polar surface area (TPSA) is 69.6 Å². The van der Waals surface area contributed by atoms with Crippen LogP contribution in [0.15, 0.2) is 55.0 Å². The van der Waals surface area contributed by atoms with Crippen molar-refractivity contribution in [2.75, 3.05) is 45.2 Å². The number of aromatic amines is 1. The lowest BCUT2D eigenvalue weighted by Crippen LogP contribution is -2.44. The lowest BCUT2D eigenvalue weighted by molar-refractivity contribution is 0.0824. The van der Waals surface area contributed by atoms with E-state index in [1.54, 1.807) is 20.4 Å². The molecule has 6 rings (SSSR count). The molecule has 2 aromatic carbocycles. The van der Waals surface area contributed by atoms with Crippen LogP contribution >= 0.6 is 0 Å². The van der Waals surface area contributed by atoms with Gasteiger partial charge in [-0.15, -0.1) is 0 Å². The summed E-state index contributed by atoms with van der Waals surface area (Å²) >= 11 is 0. The van der Waals surface area contributed by atoms with Gasteiger partial charge in [0.25, 0.3) is 11.8 Å². The van der Waals surface area contributed by atoms with Crippen LogP contribution in [0.3, 0.4) is 0 Å². The second-order valence-corrected chi connectivity index (χ2v) is 11.3. The van der Waals surface area contributed by atoms with Crippen molar-refractivity contribution >= 4 is 22.6 Å². The molecular weight excluding hydrogens is 495 g/mol. The Morgan fingerprint density at radius 1 is 1.13 bits per heavy atom. The van der Waals surface area contributed by atoms with Gasteiger partial charge in [-0.25, -0.2) is 9.37 Å². The number of hydrogen-bond acceptors (Lipinski definition) is 5. The fourth-order valence-electron chi connectivity index (χ4n) is 6.29. The molecule has 1 N–H and O–H groups in total. The van der Waals surface area contributed by atoms with Crippen molar-refractivity contribution < 1.29 is 13.9 Å². The number of carbonyl (C=O) groups excluding carboxylic acids is 1. The number of fused-ring (bicyclic) bond motifs is 1. The summed E-state index contributed by atoms with van der Waals surface area (Å²) in [6.07, 6.45) is 7.21. The Labute approximate surface area is 228 Å². The number of benzene rings is 2. The molecule has 39 heavy (non-hydrogen) atoms. The van der Waals surface area contributed by atoms with Crippen molar-refractivity contribution in [1.29, 1.82) is 0 Å². The molecule has 0 saturated carbocycles. The van der Waals surface area contributed by atoms with Crippen LogP contribution in [0.1, 0.15) is 35.2 Å². The Hall–Kier alpha value is -3.85. The highest BCUT2D eigenvalue weighted by atomic mass is 19.1. The number of aromatic nitrogens is 3. The Balaban J connectivity index is 1.19. The molecule has 1 amide bonds. The second-order valence-electron chi connectivity index (χ2n) is 11.3. The van der Waals surface area contributed by atoms with Crippen LogP contribution in [0.5, 0.6) is 11.6 Å². The smallest absolute Gasteiger partial charge is 0.262 e. The number of halogens is 1. The van der Waals surface area contributed by atoms with Crippen LogP contribution in [0.2, 0.25) is 0 Å². The third-order valence-electron chi connectivity index (χ3n) is 8.16. The lowest BCUT2D eigenvalue weighted by Gasteiger charge is -2.40. The van der Waals surface area contributed by atoms with Crippen LogP contribution in [0.25, 0.3) is 10.9 Å². The average molecular weight is 531 g/mol. The Bertz CT molecular complexity index is 1510. The predicted octanol–water partition coefficient (Wildman–Crippen LogP) is 5.03. The predicted molar refractivity (Wildman–Crippen MR) is 150 cm³/mol. The molecule has 2 fully saturated rings. The van der Waals surface area contributed by atoms with E-state index in [1.165, 1.54) is 52.4 Å². The number of imidazole rings is 1. The van der Waals surface area contributed by atoms with Gasteiger partial charge in [-0.1, -0.05) is 6.07 Å². The zero-order valence-corrected chi connectivity index (χ0v) is 22.8. The molecule has 2 aromatic heterocycles. The first-order valence-corrected chi connectivity index (χ1v) is 13.5. The van der Waals surface area contributed by atoms with E-state index in [2.05, 4.69) is 44.0 Å². The standard InChI is InChI=1S/C30H35FN6O2/c1-34(2)29(38)24-16-23(31)6-8-26(24)39-27-28(35(3)20-33-27)37-14-11-30(19-37)10-4-13-36(18-30)17-21-5-7-25-22(15-21)9-12-32-25/h5-9,12,15-16,20,32H,4,10-11,13-14,17-19H2,1-3H3. The lowest BCUT2D eigenvalue weighted by atomic mass is 9.79. The highest BCUT2D eigenvalue weighted by Crippen LogP contribution is 2.43. The van der Waals surface area contributed by atoms with Gasteiger partial charge in [-0.3, -0.25) is 9.69 Å². The summed E-state index contributed by atoms with van der Waals surface area (Å²) in [6.45, 7) is 4.95. The highest BCUT2D eigenvalue weighted by molar-refractivity contribution is 5.96. The number of H-pyrrole nitrogens is 1. The SMILES string of the molecule is CN(C)C(=O)c1cc(F)ccc1Oc1ncn(C)c1N1CCC2(CCCN(Cc3ccc4[nH]ccc4c3)C2)C1. The van der Waals surface area contributed by atoms with E-state index < -0.39 is 5.82 Å². The number of nitrogens with zero attached hydrogens (tertiary/aromatic N) is 5. The molecule has 4 aromatic rings. The number of piperidine rings is 1. The van der Waals surface area contributed by atoms with E-state index in [9.17, 15) is 9.18 Å². The van der Waals surface area contributed by atoms with Gasteiger partial charge in [-0.2, -0.15) is 0 Å². The third kappa shape index (κ3) is 4.98. The van der Waals surface area contributed by atoms with Crippen molar-refractivity contribution in [2.45, 2.75) is 25.8 Å². The normalized spacial score (nSPS) is 19.7. The number of likely N-dealkylation sites (tertiary alicyclic amines) is 1. The van der Waals surface area contributed by atoms with Gasteiger partial charge in [-0.05, 0) is 73.2 Å². The summed E-state index contributed by atoms with van der Waals surface area (Å²) in [7, 11) is 5.24. The van der Waals surface area contributed by atoms with E-state index in [-0.39, 0.29) is 16.9 Å². The number of ether oxygens (including phenoxy) is 1. The van der Waals surface area contributed by atoms with Gasteiger partial charge in [0.05, 0.1) is 5.56 Å². The molecule has 204 valence electrons. The monoisotopic (exact) mass is 530 g/mol. The maximum absolute atomic E-state index is 14.0. The first-order chi connectivity index (χ1) is 18.8. The summed E-state index contributed by atoms with van der Waals surface area (Å²) in [4.78, 5) is 26.9. The van der Waals surface area contributed by atoms with Crippen molar-refractivity contribution in [3.8, 4) is 11.6 Å². The van der Waals surface area contributed by atoms with Gasteiger partial charge in [0.15, 0.2) is 5.82 Å². The summed E-state index contributed by atoms with van der Waals surface area (Å²) in [5.41, 5.74) is 2.90. The number of nitrogens with one attached hydrogen (secondary N) is 1. The van der Waals surface area contributed by atoms with Crippen LogP contribution in [-0.4, -0.2) is 70.5 Å². The van der Waals surface area contributed by atoms with E-state index in [0.29, 0.717) is 11.6 Å². The highest BCUT2D eigenvalue weighted by Gasteiger charge is 2.43. The van der Waals surface area contributed by atoms with Crippen molar-refractivity contribution in [1.82, 2.24) is 24.3 Å². The van der Waals surface area contributed by atoms with Crippen molar-refractivity contribution in [3.05, 3.63) is 71.9 Å². The molecule has 0 aliphatic carbocycles. The molecule has 0 bridgehead atoms. The minimum absolute atomic E-state index is 0.176. The molecule has 2 aliphatic heterocycles. The minimum atomic E-state index is -0.481. The summed E-state index contributed by atoms with van der Waals surface area (Å²) in [5, 5.41) is 1.26. The number of rotatable bonds is 6. The van der Waals surface area contributed by atoms with E-state index in [1.807, 2.05) is 17.8 Å². The van der Waals surface area contributed by atoms with Crippen LogP contribution in [-0.2, 0) is 13.6 Å². The Kier molecular flexibility index (Phi) is 6.54. The van der Waals surface area contributed by atoms with Crippen LogP contribution in [0.4, 0.5) is 10.2 Å². The van der Waals surface area contributed by atoms with Gasteiger partial charge in [0, 0.05) is 64.5 Å². The molecule has 1 atom stereocenters. The molecule has 2 aliphatic rings. The zero-order chi connectivity index (χ0) is 27.1.